The Bertz CT molecular complexity index is 809. The van der Waals surface area contributed by atoms with Crippen LogP contribution in [0.5, 0.6) is 17.2 Å². The fraction of sp³-hybridized carbons (Fsp3) is 0.368. The second-order valence-corrected chi connectivity index (χ2v) is 6.77. The van der Waals surface area contributed by atoms with Crippen LogP contribution >= 0.6 is 11.6 Å². The number of halogens is 4. The number of phenols is 1. The van der Waals surface area contributed by atoms with Crippen molar-refractivity contribution in [3.63, 3.8) is 0 Å². The highest BCUT2D eigenvalue weighted by atomic mass is 35.5. The van der Waals surface area contributed by atoms with Gasteiger partial charge in [-0.25, -0.2) is 0 Å². The molecule has 5 nitrogen and oxygen atoms in total. The largest absolute Gasteiger partial charge is 0.573 e. The minimum Gasteiger partial charge on any atom is -0.503 e. The smallest absolute Gasteiger partial charge is 0.503 e. The van der Waals surface area contributed by atoms with Gasteiger partial charge in [0, 0.05) is 26.2 Å². The maximum atomic E-state index is 12.4. The number of hydrogen-bond donors (Lipinski definition) is 2. The van der Waals surface area contributed by atoms with Crippen LogP contribution in [0.3, 0.4) is 0 Å². The third kappa shape index (κ3) is 4.81. The second kappa shape index (κ2) is 8.46. The van der Waals surface area contributed by atoms with E-state index in [4.69, 9.17) is 16.3 Å². The van der Waals surface area contributed by atoms with Crippen molar-refractivity contribution >= 4 is 11.6 Å². The first-order valence-electron chi connectivity index (χ1n) is 8.65. The van der Waals surface area contributed by atoms with Crippen molar-refractivity contribution in [3.8, 4) is 17.2 Å². The summed E-state index contributed by atoms with van der Waals surface area (Å²) in [4.78, 5) is 2.19. The lowest BCUT2D eigenvalue weighted by Crippen LogP contribution is -2.45. The normalized spacial score (nSPS) is 16.6. The molecule has 1 aliphatic heterocycles. The van der Waals surface area contributed by atoms with Crippen molar-refractivity contribution < 1.29 is 27.8 Å². The molecule has 1 heterocycles. The van der Waals surface area contributed by atoms with Gasteiger partial charge in [0.1, 0.15) is 5.75 Å². The first-order chi connectivity index (χ1) is 13.3. The van der Waals surface area contributed by atoms with Crippen LogP contribution in [0, 0.1) is 0 Å². The molecule has 0 unspecified atom stereocenters. The van der Waals surface area contributed by atoms with Crippen molar-refractivity contribution in [3.05, 3.63) is 52.5 Å². The zero-order chi connectivity index (χ0) is 20.3. The first-order valence-corrected chi connectivity index (χ1v) is 9.03. The molecule has 0 amide bonds. The molecule has 152 valence electrons. The number of aromatic hydroxyl groups is 1. The summed E-state index contributed by atoms with van der Waals surface area (Å²) in [5, 5.41) is 13.4. The van der Waals surface area contributed by atoms with Crippen LogP contribution < -0.4 is 14.8 Å². The van der Waals surface area contributed by atoms with Gasteiger partial charge >= 0.3 is 6.36 Å². The van der Waals surface area contributed by atoms with Gasteiger partial charge in [0.15, 0.2) is 11.5 Å². The Morgan fingerprint density at radius 1 is 1.11 bits per heavy atom. The van der Waals surface area contributed by atoms with E-state index in [0.717, 1.165) is 37.3 Å². The van der Waals surface area contributed by atoms with Gasteiger partial charge in [-0.2, -0.15) is 0 Å². The Morgan fingerprint density at radius 2 is 1.75 bits per heavy atom. The van der Waals surface area contributed by atoms with Crippen LogP contribution in [0.1, 0.15) is 17.2 Å². The molecule has 2 N–H and O–H groups in total. The molecule has 9 heteroatoms. The van der Waals surface area contributed by atoms with Crippen molar-refractivity contribution in [1.29, 1.82) is 0 Å². The van der Waals surface area contributed by atoms with Crippen LogP contribution in [0.15, 0.2) is 36.4 Å². The monoisotopic (exact) mass is 416 g/mol. The molecule has 28 heavy (non-hydrogen) atoms. The molecule has 1 saturated heterocycles. The third-order valence-corrected chi connectivity index (χ3v) is 4.82. The number of methoxy groups -OCH3 is 1. The van der Waals surface area contributed by atoms with Crippen LogP contribution in [-0.2, 0) is 0 Å². The zero-order valence-electron chi connectivity index (χ0n) is 15.1. The third-order valence-electron chi connectivity index (χ3n) is 4.53. The van der Waals surface area contributed by atoms with E-state index in [2.05, 4.69) is 15.0 Å². The van der Waals surface area contributed by atoms with Crippen molar-refractivity contribution in [1.82, 2.24) is 10.2 Å². The highest BCUT2D eigenvalue weighted by Gasteiger charge is 2.31. The van der Waals surface area contributed by atoms with Crippen molar-refractivity contribution in [2.45, 2.75) is 12.4 Å². The summed E-state index contributed by atoms with van der Waals surface area (Å²) in [5.41, 5.74) is 1.55. The summed E-state index contributed by atoms with van der Waals surface area (Å²) in [6.45, 7) is 3.06. The Labute approximate surface area is 165 Å². The van der Waals surface area contributed by atoms with Gasteiger partial charge in [-0.3, -0.25) is 4.90 Å². The average Bonchev–Trinajstić information content (AvgIpc) is 2.65. The van der Waals surface area contributed by atoms with Gasteiger partial charge in [-0.15, -0.1) is 13.2 Å². The quantitative estimate of drug-likeness (QED) is 0.773. The van der Waals surface area contributed by atoms with Crippen LogP contribution in [0.25, 0.3) is 0 Å². The Hall–Kier alpha value is -2.16. The Kier molecular flexibility index (Phi) is 6.22. The molecule has 1 atom stereocenters. The van der Waals surface area contributed by atoms with Crippen molar-refractivity contribution in [2.24, 2.45) is 0 Å². The number of nitrogens with zero attached hydrogens (tertiary/aromatic N) is 1. The van der Waals surface area contributed by atoms with E-state index in [1.807, 2.05) is 0 Å². The topological polar surface area (TPSA) is 54.0 Å². The molecule has 0 radical (unpaired) electrons. The molecule has 3 rings (SSSR count). The number of benzene rings is 2. The number of phenolic OH excluding ortho intramolecular Hbond substituents is 1. The lowest BCUT2D eigenvalue weighted by atomic mass is 9.96. The SMILES string of the molecule is COc1cc([C@H](c2ccc(OC(F)(F)F)cc2)N2CCNCC2)cc(Cl)c1O. The lowest BCUT2D eigenvalue weighted by molar-refractivity contribution is -0.274. The molecule has 1 aliphatic rings. The maximum Gasteiger partial charge on any atom is 0.573 e. The Morgan fingerprint density at radius 3 is 2.32 bits per heavy atom. The van der Waals surface area contributed by atoms with E-state index >= 15 is 0 Å². The molecular weight excluding hydrogens is 397 g/mol. The fourth-order valence-corrected chi connectivity index (χ4v) is 3.53. The molecule has 2 aromatic rings. The van der Waals surface area contributed by atoms with Gasteiger partial charge in [0.25, 0.3) is 0 Å². The van der Waals surface area contributed by atoms with E-state index < -0.39 is 6.36 Å². The lowest BCUT2D eigenvalue weighted by Gasteiger charge is -2.36. The number of alkyl halides is 3. The molecule has 0 saturated carbocycles. The standard InChI is InChI=1S/C19H20ClF3N2O3/c1-27-16-11-13(10-15(20)18(16)26)17(25-8-6-24-7-9-25)12-2-4-14(5-3-12)28-19(21,22)23/h2-5,10-11,17,24,26H,6-9H2,1H3/t17-/m0/s1. The highest BCUT2D eigenvalue weighted by Crippen LogP contribution is 2.40. The molecule has 1 fully saturated rings. The van der Waals surface area contributed by atoms with Gasteiger partial charge in [-0.1, -0.05) is 23.7 Å². The van der Waals surface area contributed by atoms with Crippen LogP contribution in [0.2, 0.25) is 5.02 Å². The van der Waals surface area contributed by atoms with Crippen molar-refractivity contribution in [2.75, 3.05) is 33.3 Å². The number of hydrogen-bond acceptors (Lipinski definition) is 5. The van der Waals surface area contributed by atoms with Gasteiger partial charge < -0.3 is 19.9 Å². The summed E-state index contributed by atoms with van der Waals surface area (Å²) in [6.07, 6.45) is -4.74. The number of rotatable bonds is 5. The van der Waals surface area contributed by atoms with E-state index in [-0.39, 0.29) is 28.3 Å². The van der Waals surface area contributed by atoms with E-state index in [9.17, 15) is 18.3 Å². The predicted molar refractivity (Wildman–Crippen MR) is 99.1 cm³/mol. The number of ether oxygens (including phenoxy) is 2. The Balaban J connectivity index is 1.99. The fourth-order valence-electron chi connectivity index (χ4n) is 3.31. The minimum absolute atomic E-state index is 0.145. The van der Waals surface area contributed by atoms with Crippen LogP contribution in [0.4, 0.5) is 13.2 Å². The second-order valence-electron chi connectivity index (χ2n) is 6.36. The number of nitrogens with one attached hydrogen (secondary N) is 1. The molecular formula is C19H20ClF3N2O3. The summed E-state index contributed by atoms with van der Waals surface area (Å²) >= 11 is 6.16. The molecule has 0 spiro atoms. The summed E-state index contributed by atoms with van der Waals surface area (Å²) in [7, 11) is 1.43. The first kappa shape index (κ1) is 20.6. The molecule has 2 aromatic carbocycles. The van der Waals surface area contributed by atoms with Gasteiger partial charge in [0.2, 0.25) is 0 Å². The van der Waals surface area contributed by atoms with E-state index in [1.54, 1.807) is 24.3 Å². The molecule has 0 aliphatic carbocycles. The summed E-state index contributed by atoms with van der Waals surface area (Å²) < 4.78 is 46.5. The van der Waals surface area contributed by atoms with Crippen LogP contribution in [-0.4, -0.2) is 49.7 Å². The predicted octanol–water partition coefficient (Wildman–Crippen LogP) is 3.95. The molecule has 0 bridgehead atoms. The average molecular weight is 417 g/mol. The minimum atomic E-state index is -4.74. The van der Waals surface area contributed by atoms with E-state index in [1.165, 1.54) is 19.2 Å². The van der Waals surface area contributed by atoms with E-state index in [0.29, 0.717) is 0 Å². The van der Waals surface area contributed by atoms with Gasteiger partial charge in [0.05, 0.1) is 18.2 Å². The number of piperazine rings is 1. The molecule has 0 aromatic heterocycles. The summed E-state index contributed by atoms with van der Waals surface area (Å²) in [6, 6.07) is 8.84. The summed E-state index contributed by atoms with van der Waals surface area (Å²) in [5.74, 6) is -0.197. The maximum absolute atomic E-state index is 12.4. The highest BCUT2D eigenvalue weighted by molar-refractivity contribution is 6.32. The zero-order valence-corrected chi connectivity index (χ0v) is 15.8. The van der Waals surface area contributed by atoms with Gasteiger partial charge in [-0.05, 0) is 35.4 Å².